The second-order valence-corrected chi connectivity index (χ2v) is 18.1. The summed E-state index contributed by atoms with van der Waals surface area (Å²) < 4.78 is 34.0. The largest absolute Gasteiger partial charge is 0.756 e. The number of carbonyl (C=O) groups is 2. The summed E-state index contributed by atoms with van der Waals surface area (Å²) >= 11 is 0. The summed E-state index contributed by atoms with van der Waals surface area (Å²) in [4.78, 5) is 37.7. The van der Waals surface area contributed by atoms with E-state index in [1.54, 1.807) is 0 Å². The van der Waals surface area contributed by atoms with E-state index in [0.717, 1.165) is 32.1 Å². The maximum Gasteiger partial charge on any atom is 0.308 e. The number of quaternary nitrogens is 1. The molecule has 0 aromatic rings. The zero-order valence-electron chi connectivity index (χ0n) is 36.2. The molecular weight excluding hydrogens is 701 g/mol. The van der Waals surface area contributed by atoms with Gasteiger partial charge in [0.2, 0.25) is 6.29 Å². The number of carbonyl (C=O) groups excluding carboxylic acids is 2. The first-order chi connectivity index (χ1) is 26.0. The molecule has 0 saturated carbocycles. The van der Waals surface area contributed by atoms with Crippen LogP contribution in [-0.2, 0) is 32.7 Å². The summed E-state index contributed by atoms with van der Waals surface area (Å²) in [6.45, 7) is 4.70. The van der Waals surface area contributed by atoms with Gasteiger partial charge in [-0.05, 0) is 12.8 Å². The smallest absolute Gasteiger partial charge is 0.308 e. The second-order valence-electron chi connectivity index (χ2n) is 16.8. The van der Waals surface area contributed by atoms with Gasteiger partial charge in [0, 0.05) is 19.3 Å². The van der Waals surface area contributed by atoms with Gasteiger partial charge in [0.25, 0.3) is 7.82 Å². The standard InChI is InChI=1S/C44H88NO8P/c1-6-8-10-12-14-16-18-20-22-24-26-28-30-32-34-37-42(46)50-41-44(53-54(48,49)51-40-36-39-45(3,4)5)52-43(47)38-35-33-31-29-27-25-23-21-19-17-15-13-11-9-7-2/h44H,6-41H2,1-5H3. The number of phosphoric acid groups is 1. The van der Waals surface area contributed by atoms with E-state index in [-0.39, 0.29) is 19.4 Å². The Morgan fingerprint density at radius 1 is 0.519 bits per heavy atom. The van der Waals surface area contributed by atoms with Gasteiger partial charge < -0.3 is 23.4 Å². The Morgan fingerprint density at radius 3 is 1.20 bits per heavy atom. The third-order valence-electron chi connectivity index (χ3n) is 10.1. The maximum absolute atomic E-state index is 12.6. The molecule has 0 radical (unpaired) electrons. The van der Waals surface area contributed by atoms with Crippen LogP contribution in [0.4, 0.5) is 0 Å². The highest BCUT2D eigenvalue weighted by atomic mass is 31.2. The molecule has 9 nitrogen and oxygen atoms in total. The predicted molar refractivity (Wildman–Crippen MR) is 222 cm³/mol. The van der Waals surface area contributed by atoms with E-state index in [9.17, 15) is 19.0 Å². The molecule has 0 N–H and O–H groups in total. The van der Waals surface area contributed by atoms with Crippen LogP contribution < -0.4 is 4.89 Å². The molecular formula is C44H88NO8P. The van der Waals surface area contributed by atoms with Gasteiger partial charge >= 0.3 is 11.9 Å². The van der Waals surface area contributed by atoms with Gasteiger partial charge in [0.1, 0.15) is 0 Å². The zero-order valence-corrected chi connectivity index (χ0v) is 37.1. The monoisotopic (exact) mass is 790 g/mol. The lowest BCUT2D eigenvalue weighted by Gasteiger charge is -2.28. The highest BCUT2D eigenvalue weighted by molar-refractivity contribution is 7.45. The number of ether oxygens (including phenoxy) is 2. The van der Waals surface area contributed by atoms with Crippen LogP contribution in [0.15, 0.2) is 0 Å². The van der Waals surface area contributed by atoms with Crippen molar-refractivity contribution in [1.82, 2.24) is 0 Å². The summed E-state index contributed by atoms with van der Waals surface area (Å²) in [5, 5.41) is 0. The number of rotatable bonds is 42. The quantitative estimate of drug-likeness (QED) is 0.0198. The van der Waals surface area contributed by atoms with Crippen LogP contribution in [0.1, 0.15) is 226 Å². The van der Waals surface area contributed by atoms with Crippen molar-refractivity contribution in [2.45, 2.75) is 232 Å². The Hall–Kier alpha value is -0.990. The van der Waals surface area contributed by atoms with Crippen LogP contribution in [0.2, 0.25) is 0 Å². The SMILES string of the molecule is CCCCCCCCCCCCCCCCCC(=O)OCC(OC(=O)CCCCCCCCCCCCCCCCC)OP(=O)([O-])OCCC[N+](C)(C)C. The van der Waals surface area contributed by atoms with Crippen molar-refractivity contribution in [3.05, 3.63) is 0 Å². The summed E-state index contributed by atoms with van der Waals surface area (Å²) in [7, 11) is 1.24. The number of phosphoric ester groups is 1. The van der Waals surface area contributed by atoms with Crippen LogP contribution >= 0.6 is 7.82 Å². The first-order valence-electron chi connectivity index (χ1n) is 22.8. The summed E-state index contributed by atoms with van der Waals surface area (Å²) in [6.07, 6.45) is 36.3. The van der Waals surface area contributed by atoms with Gasteiger partial charge in [-0.3, -0.25) is 18.7 Å². The van der Waals surface area contributed by atoms with E-state index < -0.39 is 32.7 Å². The Bertz CT molecular complexity index is 896. The fourth-order valence-corrected chi connectivity index (χ4v) is 7.50. The van der Waals surface area contributed by atoms with Crippen molar-refractivity contribution < 1.29 is 42.1 Å². The first kappa shape index (κ1) is 53.0. The van der Waals surface area contributed by atoms with Crippen LogP contribution in [-0.4, -0.2) is 63.6 Å². The van der Waals surface area contributed by atoms with Crippen molar-refractivity contribution >= 4 is 19.8 Å². The van der Waals surface area contributed by atoms with Crippen molar-refractivity contribution in [1.29, 1.82) is 0 Å². The molecule has 10 heteroatoms. The highest BCUT2D eigenvalue weighted by Gasteiger charge is 2.24. The van der Waals surface area contributed by atoms with Gasteiger partial charge in [0.15, 0.2) is 6.61 Å². The molecule has 0 aliphatic rings. The zero-order chi connectivity index (χ0) is 40.0. The lowest BCUT2D eigenvalue weighted by Crippen LogP contribution is -2.36. The van der Waals surface area contributed by atoms with Gasteiger partial charge in [-0.1, -0.05) is 194 Å². The van der Waals surface area contributed by atoms with E-state index >= 15 is 0 Å². The number of nitrogens with zero attached hydrogens (tertiary/aromatic N) is 1. The summed E-state index contributed by atoms with van der Waals surface area (Å²) in [5.74, 6) is -1.03. The normalized spacial score (nSPS) is 13.5. The van der Waals surface area contributed by atoms with E-state index in [1.807, 2.05) is 21.1 Å². The van der Waals surface area contributed by atoms with E-state index in [1.165, 1.54) is 148 Å². The fraction of sp³-hybridized carbons (Fsp3) is 0.955. The number of hydrogen-bond donors (Lipinski definition) is 0. The number of esters is 2. The van der Waals surface area contributed by atoms with Gasteiger partial charge in [-0.2, -0.15) is 0 Å². The lowest BCUT2D eigenvalue weighted by atomic mass is 10.0. The second kappa shape index (κ2) is 37.6. The van der Waals surface area contributed by atoms with Crippen LogP contribution in [0, 0.1) is 0 Å². The molecule has 0 fully saturated rings. The number of hydrogen-bond acceptors (Lipinski definition) is 8. The molecule has 2 atom stereocenters. The van der Waals surface area contributed by atoms with Crippen molar-refractivity contribution in [2.75, 3.05) is 40.9 Å². The fourth-order valence-electron chi connectivity index (χ4n) is 6.70. The topological polar surface area (TPSA) is 111 Å². The Morgan fingerprint density at radius 2 is 0.852 bits per heavy atom. The Balaban J connectivity index is 4.32. The van der Waals surface area contributed by atoms with Crippen LogP contribution in [0.5, 0.6) is 0 Å². The molecule has 0 aliphatic heterocycles. The molecule has 0 aromatic carbocycles. The Labute approximate surface area is 334 Å². The molecule has 0 bridgehead atoms. The molecule has 0 amide bonds. The molecule has 2 unspecified atom stereocenters. The predicted octanol–water partition coefficient (Wildman–Crippen LogP) is 12.5. The summed E-state index contributed by atoms with van der Waals surface area (Å²) in [6, 6.07) is 0. The third-order valence-corrected chi connectivity index (χ3v) is 11.1. The minimum atomic E-state index is -4.79. The van der Waals surface area contributed by atoms with E-state index in [2.05, 4.69) is 13.8 Å². The van der Waals surface area contributed by atoms with Gasteiger partial charge in [0.05, 0.1) is 34.3 Å². The maximum atomic E-state index is 12.6. The molecule has 0 saturated heterocycles. The molecule has 0 heterocycles. The van der Waals surface area contributed by atoms with Crippen LogP contribution in [0.25, 0.3) is 0 Å². The minimum absolute atomic E-state index is 0.0466. The molecule has 0 aromatic heterocycles. The molecule has 0 rings (SSSR count). The minimum Gasteiger partial charge on any atom is -0.756 e. The first-order valence-corrected chi connectivity index (χ1v) is 24.2. The molecule has 54 heavy (non-hydrogen) atoms. The molecule has 322 valence electrons. The highest BCUT2D eigenvalue weighted by Crippen LogP contribution is 2.40. The van der Waals surface area contributed by atoms with Gasteiger partial charge in [-0.15, -0.1) is 0 Å². The average molecular weight is 790 g/mol. The van der Waals surface area contributed by atoms with Crippen molar-refractivity contribution in [3.8, 4) is 0 Å². The number of unbranched alkanes of at least 4 members (excludes halogenated alkanes) is 28. The molecule has 0 spiro atoms. The lowest BCUT2D eigenvalue weighted by molar-refractivity contribution is -0.870. The van der Waals surface area contributed by atoms with Gasteiger partial charge in [-0.25, -0.2) is 0 Å². The van der Waals surface area contributed by atoms with Crippen molar-refractivity contribution in [3.63, 3.8) is 0 Å². The van der Waals surface area contributed by atoms with E-state index in [4.69, 9.17) is 18.5 Å². The van der Waals surface area contributed by atoms with E-state index in [0.29, 0.717) is 30.3 Å². The third kappa shape index (κ3) is 40.7. The van der Waals surface area contributed by atoms with Crippen LogP contribution in [0.3, 0.4) is 0 Å². The molecule has 0 aliphatic carbocycles. The summed E-state index contributed by atoms with van der Waals surface area (Å²) in [5.41, 5.74) is 0. The van der Waals surface area contributed by atoms with Crippen molar-refractivity contribution in [2.24, 2.45) is 0 Å². The average Bonchev–Trinajstić information content (AvgIpc) is 3.12. The Kier molecular flexibility index (Phi) is 36.9.